The van der Waals surface area contributed by atoms with Crippen LogP contribution >= 0.6 is 0 Å². The monoisotopic (exact) mass is 766 g/mol. The van der Waals surface area contributed by atoms with Gasteiger partial charge in [-0.15, -0.1) is 0 Å². The first kappa shape index (κ1) is 34.2. The van der Waals surface area contributed by atoms with Gasteiger partial charge in [0.2, 0.25) is 0 Å². The molecule has 0 radical (unpaired) electrons. The number of hydrogen-bond acceptors (Lipinski definition) is 2. The summed E-state index contributed by atoms with van der Waals surface area (Å²) in [6.07, 6.45) is 9.09. The van der Waals surface area contributed by atoms with Crippen molar-refractivity contribution in [1.29, 1.82) is 0 Å². The lowest BCUT2D eigenvalue weighted by Crippen LogP contribution is -2.01. The zero-order valence-corrected chi connectivity index (χ0v) is 32.8. The van der Waals surface area contributed by atoms with Gasteiger partial charge in [0.05, 0.1) is 33.4 Å². The molecule has 2 aromatic heterocycles. The van der Waals surface area contributed by atoms with E-state index in [-0.39, 0.29) is 0 Å². The van der Waals surface area contributed by atoms with E-state index in [0.29, 0.717) is 0 Å². The zero-order chi connectivity index (χ0) is 39.6. The molecule has 0 atom stereocenters. The first-order chi connectivity index (χ1) is 29.8. The van der Waals surface area contributed by atoms with Crippen LogP contribution in [0.5, 0.6) is 0 Å². The molecule has 4 heteroatoms. The van der Waals surface area contributed by atoms with Crippen molar-refractivity contribution in [1.82, 2.24) is 19.1 Å². The van der Waals surface area contributed by atoms with E-state index >= 15 is 0 Å². The van der Waals surface area contributed by atoms with Gasteiger partial charge >= 0.3 is 0 Å². The Morgan fingerprint density at radius 1 is 0.383 bits per heavy atom. The minimum absolute atomic E-state index is 0.913. The summed E-state index contributed by atoms with van der Waals surface area (Å²) < 4.78 is 4.71. The Kier molecular flexibility index (Phi) is 7.95. The maximum atomic E-state index is 5.27. The molecule has 1 aliphatic rings. The molecule has 2 heterocycles. The minimum atomic E-state index is 0.913. The van der Waals surface area contributed by atoms with Crippen LogP contribution in [0.2, 0.25) is 0 Å². The molecule has 282 valence electrons. The quantitative estimate of drug-likeness (QED) is 0.158. The Morgan fingerprint density at radius 2 is 0.917 bits per heavy atom. The van der Waals surface area contributed by atoms with E-state index < -0.39 is 0 Å². The molecule has 60 heavy (non-hydrogen) atoms. The molecule has 0 unspecified atom stereocenters. The Morgan fingerprint density at radius 3 is 1.48 bits per heavy atom. The van der Waals surface area contributed by atoms with Crippen LogP contribution in [0.1, 0.15) is 18.4 Å². The third-order valence-electron chi connectivity index (χ3n) is 12.1. The highest BCUT2D eigenvalue weighted by Crippen LogP contribution is 2.44. The predicted molar refractivity (Wildman–Crippen MR) is 251 cm³/mol. The molecule has 1 aliphatic carbocycles. The zero-order valence-electron chi connectivity index (χ0n) is 32.8. The average Bonchev–Trinajstić information content (AvgIpc) is 3.90. The molecular weight excluding hydrogens is 729 g/mol. The molecule has 0 saturated heterocycles. The Bertz CT molecular complexity index is 3360. The Labute approximate surface area is 347 Å². The summed E-state index contributed by atoms with van der Waals surface area (Å²) in [6.45, 7) is 0. The summed E-state index contributed by atoms with van der Waals surface area (Å²) >= 11 is 0. The SMILES string of the molecule is C1=CC(c2ccc3ccc(-c4c5cccc(-n6c(-c7ccccc7)nc7ccccc76)c5cc5c(-n6c(-c7ccccc7)nc7ccccc76)cccc45)cc3c2)=CCC1. The van der Waals surface area contributed by atoms with Crippen molar-refractivity contribution in [3.05, 3.63) is 212 Å². The molecule has 12 rings (SSSR count). The highest BCUT2D eigenvalue weighted by molar-refractivity contribution is 6.17. The number of hydrogen-bond donors (Lipinski definition) is 0. The number of allylic oxidation sites excluding steroid dienone is 4. The first-order valence-corrected chi connectivity index (χ1v) is 20.7. The first-order valence-electron chi connectivity index (χ1n) is 20.7. The molecule has 11 aromatic rings. The smallest absolute Gasteiger partial charge is 0.145 e. The topological polar surface area (TPSA) is 35.6 Å². The predicted octanol–water partition coefficient (Wildman–Crippen LogP) is 14.6. The highest BCUT2D eigenvalue weighted by atomic mass is 15.1. The third kappa shape index (κ3) is 5.53. The second-order valence-electron chi connectivity index (χ2n) is 15.7. The van der Waals surface area contributed by atoms with Gasteiger partial charge < -0.3 is 0 Å². The van der Waals surface area contributed by atoms with Gasteiger partial charge in [0, 0.05) is 21.9 Å². The van der Waals surface area contributed by atoms with Crippen molar-refractivity contribution < 1.29 is 0 Å². The lowest BCUT2D eigenvalue weighted by atomic mass is 9.89. The normalized spacial score (nSPS) is 12.9. The summed E-state index contributed by atoms with van der Waals surface area (Å²) in [5, 5.41) is 7.10. The molecule has 4 nitrogen and oxygen atoms in total. The molecule has 9 aromatic carbocycles. The standard InChI is InChI=1S/C56H38N4/c1-4-16-37(17-5-1)41-32-30-38-31-33-42(35-43(38)34-41)54-44-22-14-28-50(59-52-26-12-10-24-48(52)57-55(59)39-18-6-2-7-19-39)46(44)36-47-45(54)23-15-29-51(47)60-53-27-13-11-25-49(53)58-56(60)40-20-8-3-9-21-40/h2-4,6-36H,1,5H2. The van der Waals surface area contributed by atoms with Gasteiger partial charge in [-0.05, 0) is 111 Å². The van der Waals surface area contributed by atoms with Crippen LogP contribution in [-0.4, -0.2) is 19.1 Å². The van der Waals surface area contributed by atoms with Crippen LogP contribution < -0.4 is 0 Å². The number of nitrogens with zero attached hydrogens (tertiary/aromatic N) is 4. The summed E-state index contributed by atoms with van der Waals surface area (Å²) in [4.78, 5) is 10.5. The van der Waals surface area contributed by atoms with Gasteiger partial charge in [0.1, 0.15) is 11.6 Å². The largest absolute Gasteiger partial charge is 0.292 e. The fraction of sp³-hybridized carbons (Fsp3) is 0.0357. The van der Waals surface area contributed by atoms with Crippen molar-refractivity contribution in [2.24, 2.45) is 0 Å². The van der Waals surface area contributed by atoms with E-state index in [4.69, 9.17) is 9.97 Å². The molecule has 0 fully saturated rings. The molecule has 0 saturated carbocycles. The summed E-state index contributed by atoms with van der Waals surface area (Å²) in [6, 6.07) is 67.8. The van der Waals surface area contributed by atoms with Crippen LogP contribution in [0.25, 0.3) is 105 Å². The van der Waals surface area contributed by atoms with E-state index in [1.165, 1.54) is 43.8 Å². The van der Waals surface area contributed by atoms with Crippen molar-refractivity contribution in [3.8, 4) is 45.3 Å². The second kappa shape index (κ2) is 13.9. The molecule has 0 spiro atoms. The lowest BCUT2D eigenvalue weighted by Gasteiger charge is -2.20. The van der Waals surface area contributed by atoms with Crippen molar-refractivity contribution >= 4 is 60.0 Å². The average molecular weight is 767 g/mol. The number of para-hydroxylation sites is 4. The molecule has 0 bridgehead atoms. The maximum Gasteiger partial charge on any atom is 0.145 e. The number of benzene rings is 9. The van der Waals surface area contributed by atoms with E-state index in [9.17, 15) is 0 Å². The van der Waals surface area contributed by atoms with Crippen LogP contribution in [-0.2, 0) is 0 Å². The van der Waals surface area contributed by atoms with Crippen LogP contribution in [0.15, 0.2) is 206 Å². The number of rotatable bonds is 6. The Balaban J connectivity index is 1.20. The van der Waals surface area contributed by atoms with E-state index in [1.54, 1.807) is 0 Å². The molecule has 0 aliphatic heterocycles. The Hall–Kier alpha value is -7.82. The minimum Gasteiger partial charge on any atom is -0.292 e. The second-order valence-corrected chi connectivity index (χ2v) is 15.7. The maximum absolute atomic E-state index is 5.27. The van der Waals surface area contributed by atoms with Gasteiger partial charge in [0.15, 0.2) is 0 Å². The summed E-state index contributed by atoms with van der Waals surface area (Å²) in [5.41, 5.74) is 13.3. The molecular formula is C56H38N4. The van der Waals surface area contributed by atoms with Crippen LogP contribution in [0.3, 0.4) is 0 Å². The lowest BCUT2D eigenvalue weighted by molar-refractivity contribution is 1.04. The van der Waals surface area contributed by atoms with Crippen LogP contribution in [0, 0.1) is 0 Å². The number of fused-ring (bicyclic) bond motifs is 5. The van der Waals surface area contributed by atoms with E-state index in [0.717, 1.165) is 79.8 Å². The van der Waals surface area contributed by atoms with E-state index in [1.807, 2.05) is 0 Å². The third-order valence-corrected chi connectivity index (χ3v) is 12.1. The van der Waals surface area contributed by atoms with Crippen molar-refractivity contribution in [2.45, 2.75) is 12.8 Å². The van der Waals surface area contributed by atoms with Crippen LogP contribution in [0.4, 0.5) is 0 Å². The van der Waals surface area contributed by atoms with Crippen molar-refractivity contribution in [3.63, 3.8) is 0 Å². The summed E-state index contributed by atoms with van der Waals surface area (Å²) in [7, 11) is 0. The fourth-order valence-corrected chi connectivity index (χ4v) is 9.35. The molecule has 0 N–H and O–H groups in total. The van der Waals surface area contributed by atoms with Gasteiger partial charge in [-0.1, -0.05) is 152 Å². The highest BCUT2D eigenvalue weighted by Gasteiger charge is 2.22. The van der Waals surface area contributed by atoms with E-state index in [2.05, 4.69) is 215 Å². The van der Waals surface area contributed by atoms with Gasteiger partial charge in [-0.25, -0.2) is 9.97 Å². The number of aromatic nitrogens is 4. The van der Waals surface area contributed by atoms with Gasteiger partial charge in [-0.3, -0.25) is 9.13 Å². The molecule has 0 amide bonds. The van der Waals surface area contributed by atoms with Gasteiger partial charge in [-0.2, -0.15) is 0 Å². The summed E-state index contributed by atoms with van der Waals surface area (Å²) in [5.74, 6) is 1.83. The number of imidazole rings is 2. The van der Waals surface area contributed by atoms with Gasteiger partial charge in [0.25, 0.3) is 0 Å². The fourth-order valence-electron chi connectivity index (χ4n) is 9.35. The van der Waals surface area contributed by atoms with Crippen molar-refractivity contribution in [2.75, 3.05) is 0 Å².